The lowest BCUT2D eigenvalue weighted by atomic mass is 10.2. The van der Waals surface area contributed by atoms with E-state index in [0.29, 0.717) is 5.69 Å². The largest absolute Gasteiger partial charge is 0.497 e. The third kappa shape index (κ3) is 2.79. The van der Waals surface area contributed by atoms with Crippen molar-refractivity contribution >= 4 is 22.5 Å². The predicted molar refractivity (Wildman–Crippen MR) is 86.1 cm³/mol. The van der Waals surface area contributed by atoms with Crippen molar-refractivity contribution in [1.82, 2.24) is 9.55 Å². The number of fused-ring (bicyclic) bond motifs is 1. The Morgan fingerprint density at radius 2 is 2.05 bits per heavy atom. The van der Waals surface area contributed by atoms with Gasteiger partial charge < -0.3 is 14.6 Å². The van der Waals surface area contributed by atoms with Crippen molar-refractivity contribution in [2.24, 2.45) is 0 Å². The topological polar surface area (TPSA) is 56.1 Å². The number of aromatic nitrogens is 2. The molecule has 0 saturated heterocycles. The molecule has 1 aromatic carbocycles. The van der Waals surface area contributed by atoms with Crippen LogP contribution >= 0.6 is 0 Å². The van der Waals surface area contributed by atoms with Gasteiger partial charge in [-0.05, 0) is 37.3 Å². The molecule has 5 heteroatoms. The van der Waals surface area contributed by atoms with E-state index < -0.39 is 0 Å². The van der Waals surface area contributed by atoms with Gasteiger partial charge in [-0.15, -0.1) is 0 Å². The van der Waals surface area contributed by atoms with Crippen LogP contribution < -0.4 is 10.1 Å². The summed E-state index contributed by atoms with van der Waals surface area (Å²) in [7, 11) is 1.62. The predicted octanol–water partition coefficient (Wildman–Crippen LogP) is 3.24. The number of amides is 1. The molecule has 1 amide bonds. The minimum Gasteiger partial charge on any atom is -0.497 e. The molecule has 22 heavy (non-hydrogen) atoms. The minimum atomic E-state index is -0.276. The molecule has 1 N–H and O–H groups in total. The van der Waals surface area contributed by atoms with Crippen LogP contribution in [-0.2, 0) is 4.79 Å². The first-order valence-electron chi connectivity index (χ1n) is 7.04. The molecule has 0 fully saturated rings. The number of ether oxygens (including phenoxy) is 1. The number of nitrogens with zero attached hydrogens (tertiary/aromatic N) is 2. The molecule has 5 nitrogen and oxygen atoms in total. The fourth-order valence-electron chi connectivity index (χ4n) is 2.28. The highest BCUT2D eigenvalue weighted by Crippen LogP contribution is 2.22. The quantitative estimate of drug-likeness (QED) is 0.804. The summed E-state index contributed by atoms with van der Waals surface area (Å²) in [6, 6.07) is 11.1. The molecule has 3 rings (SSSR count). The van der Waals surface area contributed by atoms with Gasteiger partial charge in [0.1, 0.15) is 11.8 Å². The van der Waals surface area contributed by atoms with E-state index in [0.717, 1.165) is 16.7 Å². The van der Waals surface area contributed by atoms with Crippen molar-refractivity contribution in [3.8, 4) is 5.75 Å². The second-order valence-corrected chi connectivity index (χ2v) is 5.08. The SMILES string of the molecule is COc1ccc2cc(NC(=O)[C@@H](C)n3cccc3)cnc2c1. The first-order valence-corrected chi connectivity index (χ1v) is 7.04. The van der Waals surface area contributed by atoms with Crippen LogP contribution in [-0.4, -0.2) is 22.6 Å². The van der Waals surface area contributed by atoms with Crippen molar-refractivity contribution < 1.29 is 9.53 Å². The number of carbonyl (C=O) groups is 1. The van der Waals surface area contributed by atoms with Gasteiger partial charge in [-0.3, -0.25) is 9.78 Å². The number of rotatable bonds is 4. The molecule has 1 atom stereocenters. The van der Waals surface area contributed by atoms with Crippen LogP contribution in [0.3, 0.4) is 0 Å². The van der Waals surface area contributed by atoms with Crippen LogP contribution in [0.25, 0.3) is 10.9 Å². The highest BCUT2D eigenvalue weighted by atomic mass is 16.5. The number of nitrogens with one attached hydrogen (secondary N) is 1. The fourth-order valence-corrected chi connectivity index (χ4v) is 2.28. The van der Waals surface area contributed by atoms with Crippen LogP contribution in [0.4, 0.5) is 5.69 Å². The second-order valence-electron chi connectivity index (χ2n) is 5.08. The Labute approximate surface area is 128 Å². The number of benzene rings is 1. The average Bonchev–Trinajstić information content (AvgIpc) is 3.08. The highest BCUT2D eigenvalue weighted by Gasteiger charge is 2.14. The molecule has 112 valence electrons. The standard InChI is InChI=1S/C17H17N3O2/c1-12(20-7-3-4-8-20)17(21)19-14-9-13-5-6-15(22-2)10-16(13)18-11-14/h3-12H,1-2H3,(H,19,21)/t12-/m1/s1. The normalized spacial score (nSPS) is 12.1. The smallest absolute Gasteiger partial charge is 0.247 e. The van der Waals surface area contributed by atoms with Gasteiger partial charge in [0, 0.05) is 23.8 Å². The third-order valence-corrected chi connectivity index (χ3v) is 3.61. The molecule has 0 radical (unpaired) electrons. The highest BCUT2D eigenvalue weighted by molar-refractivity contribution is 5.95. The van der Waals surface area contributed by atoms with Gasteiger partial charge in [-0.25, -0.2) is 0 Å². The summed E-state index contributed by atoms with van der Waals surface area (Å²) < 4.78 is 7.03. The molecular weight excluding hydrogens is 278 g/mol. The van der Waals surface area contributed by atoms with Gasteiger partial charge in [-0.2, -0.15) is 0 Å². The zero-order valence-electron chi connectivity index (χ0n) is 12.5. The maximum Gasteiger partial charge on any atom is 0.247 e. The van der Waals surface area contributed by atoms with Crippen LogP contribution in [0, 0.1) is 0 Å². The summed E-state index contributed by atoms with van der Waals surface area (Å²) in [4.78, 5) is 16.6. The van der Waals surface area contributed by atoms with Crippen LogP contribution in [0.1, 0.15) is 13.0 Å². The molecular formula is C17H17N3O2. The van der Waals surface area contributed by atoms with Crippen molar-refractivity contribution in [2.75, 3.05) is 12.4 Å². The van der Waals surface area contributed by atoms with E-state index in [1.165, 1.54) is 0 Å². The summed E-state index contributed by atoms with van der Waals surface area (Å²) >= 11 is 0. The number of methoxy groups -OCH3 is 1. The van der Waals surface area contributed by atoms with Crippen molar-refractivity contribution in [3.05, 3.63) is 55.0 Å². The molecule has 0 bridgehead atoms. The molecule has 3 aromatic rings. The lowest BCUT2D eigenvalue weighted by Crippen LogP contribution is -2.22. The first kappa shape index (κ1) is 14.1. The lowest BCUT2D eigenvalue weighted by Gasteiger charge is -2.14. The van der Waals surface area contributed by atoms with Gasteiger partial charge in [0.15, 0.2) is 0 Å². The molecule has 0 saturated carbocycles. The van der Waals surface area contributed by atoms with Crippen LogP contribution in [0.2, 0.25) is 0 Å². The molecule has 0 unspecified atom stereocenters. The molecule has 2 heterocycles. The lowest BCUT2D eigenvalue weighted by molar-refractivity contribution is -0.118. The number of pyridine rings is 1. The third-order valence-electron chi connectivity index (χ3n) is 3.61. The summed E-state index contributed by atoms with van der Waals surface area (Å²) in [5.41, 5.74) is 1.51. The maximum atomic E-state index is 12.3. The Hall–Kier alpha value is -2.82. The minimum absolute atomic E-state index is 0.0779. The Bertz CT molecular complexity index is 797. The average molecular weight is 295 g/mol. The molecule has 0 spiro atoms. The maximum absolute atomic E-state index is 12.3. The van der Waals surface area contributed by atoms with Crippen molar-refractivity contribution in [2.45, 2.75) is 13.0 Å². The van der Waals surface area contributed by atoms with E-state index in [1.807, 2.05) is 60.3 Å². The van der Waals surface area contributed by atoms with Gasteiger partial charge in [0.2, 0.25) is 5.91 Å². The molecule has 0 aliphatic carbocycles. The van der Waals surface area contributed by atoms with Gasteiger partial charge in [0.25, 0.3) is 0 Å². The monoisotopic (exact) mass is 295 g/mol. The van der Waals surface area contributed by atoms with E-state index in [1.54, 1.807) is 13.3 Å². The van der Waals surface area contributed by atoms with E-state index in [-0.39, 0.29) is 11.9 Å². The number of hydrogen-bond donors (Lipinski definition) is 1. The van der Waals surface area contributed by atoms with Gasteiger partial charge in [0.05, 0.1) is 24.5 Å². The zero-order valence-corrected chi connectivity index (χ0v) is 12.5. The van der Waals surface area contributed by atoms with Gasteiger partial charge in [-0.1, -0.05) is 0 Å². The fraction of sp³-hybridized carbons (Fsp3) is 0.176. The second kappa shape index (κ2) is 5.89. The number of carbonyl (C=O) groups excluding carboxylic acids is 1. The Kier molecular flexibility index (Phi) is 3.78. The molecule has 2 aromatic heterocycles. The Balaban J connectivity index is 1.80. The van der Waals surface area contributed by atoms with E-state index in [2.05, 4.69) is 10.3 Å². The Morgan fingerprint density at radius 3 is 2.77 bits per heavy atom. The Morgan fingerprint density at radius 1 is 1.27 bits per heavy atom. The van der Waals surface area contributed by atoms with E-state index >= 15 is 0 Å². The van der Waals surface area contributed by atoms with E-state index in [9.17, 15) is 4.79 Å². The van der Waals surface area contributed by atoms with Crippen LogP contribution in [0.15, 0.2) is 55.0 Å². The van der Waals surface area contributed by atoms with Gasteiger partial charge >= 0.3 is 0 Å². The summed E-state index contributed by atoms with van der Waals surface area (Å²) in [5.74, 6) is 0.684. The van der Waals surface area contributed by atoms with E-state index in [4.69, 9.17) is 4.74 Å². The molecule has 0 aliphatic rings. The summed E-state index contributed by atoms with van der Waals surface area (Å²) in [6.07, 6.45) is 5.40. The summed E-state index contributed by atoms with van der Waals surface area (Å²) in [5, 5.41) is 3.85. The first-order chi connectivity index (χ1) is 10.7. The number of anilines is 1. The van der Waals surface area contributed by atoms with Crippen LogP contribution in [0.5, 0.6) is 5.75 Å². The van der Waals surface area contributed by atoms with Crippen molar-refractivity contribution in [1.29, 1.82) is 0 Å². The van der Waals surface area contributed by atoms with Crippen molar-refractivity contribution in [3.63, 3.8) is 0 Å². The summed E-state index contributed by atoms with van der Waals surface area (Å²) in [6.45, 7) is 1.86. The molecule has 0 aliphatic heterocycles. The zero-order chi connectivity index (χ0) is 15.5. The number of hydrogen-bond acceptors (Lipinski definition) is 3.